The molecule has 0 spiro atoms. The Balaban J connectivity index is 2.65. The molecule has 0 aliphatic carbocycles. The molecule has 0 aromatic heterocycles. The van der Waals surface area contributed by atoms with Gasteiger partial charge in [0.05, 0.1) is 6.04 Å². The number of carbonyl (C=O) groups excluding carboxylic acids is 3. The Morgan fingerprint density at radius 2 is 1.80 bits per heavy atom. The molecule has 0 bridgehead atoms. The lowest BCUT2D eigenvalue weighted by Gasteiger charge is -2.18. The Bertz CT molecular complexity index is 474. The van der Waals surface area contributed by atoms with Gasteiger partial charge in [0.15, 0.2) is 0 Å². The Kier molecular flexibility index (Phi) is 6.22. The fourth-order valence-electron chi connectivity index (χ4n) is 1.63. The fourth-order valence-corrected chi connectivity index (χ4v) is 1.63. The summed E-state index contributed by atoms with van der Waals surface area (Å²) in [5, 5.41) is 7.83. The number of amides is 3. The first-order chi connectivity index (χ1) is 9.52. The molecule has 0 heterocycles. The van der Waals surface area contributed by atoms with Crippen LogP contribution in [0.4, 0.5) is 0 Å². The van der Waals surface area contributed by atoms with Crippen molar-refractivity contribution < 1.29 is 14.4 Å². The standard InChI is InChI=1S/C14H19N3O3/c1-10(18)16-9-12(8-13(19)15-2)17-14(20)11-6-4-3-5-7-11/h3-7,12H,8-9H2,1-2H3,(H,15,19)(H,16,18)(H,17,20)/t12-/m1/s1. The van der Waals surface area contributed by atoms with Gasteiger partial charge in [-0.15, -0.1) is 0 Å². The summed E-state index contributed by atoms with van der Waals surface area (Å²) in [5.74, 6) is -0.681. The third-order valence-electron chi connectivity index (χ3n) is 2.68. The zero-order valence-electron chi connectivity index (χ0n) is 11.6. The minimum absolute atomic E-state index is 0.107. The van der Waals surface area contributed by atoms with E-state index < -0.39 is 6.04 Å². The summed E-state index contributed by atoms with van der Waals surface area (Å²) in [6, 6.07) is 8.25. The van der Waals surface area contributed by atoms with Crippen molar-refractivity contribution in [3.05, 3.63) is 35.9 Å². The summed E-state index contributed by atoms with van der Waals surface area (Å²) in [5.41, 5.74) is 0.511. The molecule has 1 rings (SSSR count). The molecule has 0 unspecified atom stereocenters. The topological polar surface area (TPSA) is 87.3 Å². The van der Waals surface area contributed by atoms with Crippen LogP contribution < -0.4 is 16.0 Å². The van der Waals surface area contributed by atoms with Gasteiger partial charge in [-0.3, -0.25) is 14.4 Å². The molecule has 1 atom stereocenters. The van der Waals surface area contributed by atoms with Crippen LogP contribution in [-0.2, 0) is 9.59 Å². The van der Waals surface area contributed by atoms with Gasteiger partial charge < -0.3 is 16.0 Å². The minimum atomic E-state index is -0.452. The molecule has 1 aromatic rings. The number of rotatable bonds is 6. The lowest BCUT2D eigenvalue weighted by atomic mass is 10.1. The molecule has 3 amide bonds. The maximum absolute atomic E-state index is 12.0. The number of benzene rings is 1. The maximum Gasteiger partial charge on any atom is 0.251 e. The van der Waals surface area contributed by atoms with Crippen molar-refractivity contribution in [2.24, 2.45) is 0 Å². The van der Waals surface area contributed by atoms with Crippen molar-refractivity contribution in [3.63, 3.8) is 0 Å². The molecule has 0 saturated heterocycles. The van der Waals surface area contributed by atoms with Gasteiger partial charge in [0, 0.05) is 32.5 Å². The lowest BCUT2D eigenvalue weighted by Crippen LogP contribution is -2.45. The van der Waals surface area contributed by atoms with Gasteiger partial charge in [-0.05, 0) is 12.1 Å². The average molecular weight is 277 g/mol. The van der Waals surface area contributed by atoms with Crippen LogP contribution in [0.5, 0.6) is 0 Å². The molecule has 1 aromatic carbocycles. The maximum atomic E-state index is 12.0. The van der Waals surface area contributed by atoms with E-state index in [9.17, 15) is 14.4 Å². The number of hydrogen-bond donors (Lipinski definition) is 3. The molecular weight excluding hydrogens is 258 g/mol. The Morgan fingerprint density at radius 3 is 2.35 bits per heavy atom. The van der Waals surface area contributed by atoms with Crippen LogP contribution in [0, 0.1) is 0 Å². The smallest absolute Gasteiger partial charge is 0.251 e. The van der Waals surface area contributed by atoms with Crippen LogP contribution in [0.1, 0.15) is 23.7 Å². The summed E-state index contributed by atoms with van der Waals surface area (Å²) in [7, 11) is 1.52. The molecule has 3 N–H and O–H groups in total. The molecule has 20 heavy (non-hydrogen) atoms. The number of nitrogens with one attached hydrogen (secondary N) is 3. The van der Waals surface area contributed by atoms with Crippen LogP contribution >= 0.6 is 0 Å². The second-order valence-corrected chi connectivity index (χ2v) is 4.35. The number of carbonyl (C=O) groups is 3. The first-order valence-electron chi connectivity index (χ1n) is 6.34. The SMILES string of the molecule is CNC(=O)C[C@H](CNC(C)=O)NC(=O)c1ccccc1. The number of hydrogen-bond acceptors (Lipinski definition) is 3. The molecule has 108 valence electrons. The van der Waals surface area contributed by atoms with Crippen LogP contribution in [0.3, 0.4) is 0 Å². The highest BCUT2D eigenvalue weighted by molar-refractivity contribution is 5.94. The van der Waals surface area contributed by atoms with Crippen LogP contribution in [0.2, 0.25) is 0 Å². The monoisotopic (exact) mass is 277 g/mol. The van der Waals surface area contributed by atoms with E-state index in [1.54, 1.807) is 24.3 Å². The van der Waals surface area contributed by atoms with E-state index in [4.69, 9.17) is 0 Å². The Hall–Kier alpha value is -2.37. The Morgan fingerprint density at radius 1 is 1.15 bits per heavy atom. The van der Waals surface area contributed by atoms with Crippen molar-refractivity contribution >= 4 is 17.7 Å². The Labute approximate surface area is 117 Å². The molecule has 0 radical (unpaired) electrons. The zero-order chi connectivity index (χ0) is 15.0. The van der Waals surface area contributed by atoms with Crippen LogP contribution in [0.15, 0.2) is 30.3 Å². The van der Waals surface area contributed by atoms with E-state index in [1.165, 1.54) is 14.0 Å². The van der Waals surface area contributed by atoms with Crippen molar-refractivity contribution in [1.82, 2.24) is 16.0 Å². The zero-order valence-corrected chi connectivity index (χ0v) is 11.6. The molecule has 0 saturated carbocycles. The minimum Gasteiger partial charge on any atom is -0.359 e. The summed E-state index contributed by atoms with van der Waals surface area (Å²) in [6.07, 6.45) is 0.107. The van der Waals surface area contributed by atoms with Gasteiger partial charge in [-0.25, -0.2) is 0 Å². The molecule has 6 nitrogen and oxygen atoms in total. The first kappa shape index (κ1) is 15.7. The fraction of sp³-hybridized carbons (Fsp3) is 0.357. The highest BCUT2D eigenvalue weighted by Crippen LogP contribution is 2.00. The first-order valence-corrected chi connectivity index (χ1v) is 6.34. The second-order valence-electron chi connectivity index (χ2n) is 4.35. The second kappa shape index (κ2) is 7.93. The highest BCUT2D eigenvalue weighted by atomic mass is 16.2. The predicted molar refractivity (Wildman–Crippen MR) is 75.1 cm³/mol. The quantitative estimate of drug-likeness (QED) is 0.687. The molecule has 0 fully saturated rings. The van der Waals surface area contributed by atoms with Gasteiger partial charge in [-0.1, -0.05) is 18.2 Å². The van der Waals surface area contributed by atoms with Crippen molar-refractivity contribution in [2.45, 2.75) is 19.4 Å². The van der Waals surface area contributed by atoms with E-state index in [0.717, 1.165) is 0 Å². The van der Waals surface area contributed by atoms with Crippen LogP contribution in [-0.4, -0.2) is 37.4 Å². The van der Waals surface area contributed by atoms with Gasteiger partial charge in [0.25, 0.3) is 5.91 Å². The van der Waals surface area contributed by atoms with E-state index in [2.05, 4.69) is 16.0 Å². The molecule has 0 aliphatic rings. The van der Waals surface area contributed by atoms with E-state index in [0.29, 0.717) is 5.56 Å². The lowest BCUT2D eigenvalue weighted by molar-refractivity contribution is -0.122. The summed E-state index contributed by atoms with van der Waals surface area (Å²) >= 11 is 0. The van der Waals surface area contributed by atoms with Crippen LogP contribution in [0.25, 0.3) is 0 Å². The third kappa shape index (κ3) is 5.51. The third-order valence-corrected chi connectivity index (χ3v) is 2.68. The average Bonchev–Trinajstić information content (AvgIpc) is 2.45. The van der Waals surface area contributed by atoms with Gasteiger partial charge >= 0.3 is 0 Å². The van der Waals surface area contributed by atoms with E-state index in [-0.39, 0.29) is 30.7 Å². The van der Waals surface area contributed by atoms with Gasteiger partial charge in [0.1, 0.15) is 0 Å². The summed E-state index contributed by atoms with van der Waals surface area (Å²) in [6.45, 7) is 1.59. The predicted octanol–water partition coefficient (Wildman–Crippen LogP) is 0.0572. The van der Waals surface area contributed by atoms with Crippen molar-refractivity contribution in [2.75, 3.05) is 13.6 Å². The molecular formula is C14H19N3O3. The van der Waals surface area contributed by atoms with E-state index in [1.807, 2.05) is 6.07 Å². The van der Waals surface area contributed by atoms with Gasteiger partial charge in [0.2, 0.25) is 11.8 Å². The molecule has 6 heteroatoms. The molecule has 0 aliphatic heterocycles. The summed E-state index contributed by atoms with van der Waals surface area (Å²) in [4.78, 5) is 34.4. The van der Waals surface area contributed by atoms with Gasteiger partial charge in [-0.2, -0.15) is 0 Å². The normalized spacial score (nSPS) is 11.3. The van der Waals surface area contributed by atoms with Crippen molar-refractivity contribution in [3.8, 4) is 0 Å². The largest absolute Gasteiger partial charge is 0.359 e. The van der Waals surface area contributed by atoms with E-state index >= 15 is 0 Å². The summed E-state index contributed by atoms with van der Waals surface area (Å²) < 4.78 is 0. The van der Waals surface area contributed by atoms with Crippen molar-refractivity contribution in [1.29, 1.82) is 0 Å². The highest BCUT2D eigenvalue weighted by Gasteiger charge is 2.17.